The average Bonchev–Trinajstić information content (AvgIpc) is 2.66. The lowest BCUT2D eigenvalue weighted by Crippen LogP contribution is -2.25. The summed E-state index contributed by atoms with van der Waals surface area (Å²) < 4.78 is 35.2. The molecule has 8 heteroatoms. The number of rotatable bonds is 2. The Kier molecular flexibility index (Phi) is 3.18. The van der Waals surface area contributed by atoms with E-state index in [0.29, 0.717) is 16.5 Å². The molecule has 2 heterocycles. The van der Waals surface area contributed by atoms with Crippen molar-refractivity contribution in [2.75, 3.05) is 5.32 Å². The first kappa shape index (κ1) is 13.4. The molecule has 0 saturated heterocycles. The highest BCUT2D eigenvalue weighted by Crippen LogP contribution is 2.42. The summed E-state index contributed by atoms with van der Waals surface area (Å²) in [6.45, 7) is 0. The van der Waals surface area contributed by atoms with Crippen molar-refractivity contribution in [3.63, 3.8) is 0 Å². The van der Waals surface area contributed by atoms with Gasteiger partial charge in [0, 0.05) is 22.4 Å². The molecule has 2 aromatic rings. The van der Waals surface area contributed by atoms with Crippen molar-refractivity contribution in [3.8, 4) is 11.5 Å². The van der Waals surface area contributed by atoms with Crippen LogP contribution in [0.2, 0.25) is 5.02 Å². The maximum Gasteiger partial charge on any atom is 0.586 e. The van der Waals surface area contributed by atoms with Gasteiger partial charge in [0.1, 0.15) is 5.82 Å². The van der Waals surface area contributed by atoms with Gasteiger partial charge in [0.05, 0.1) is 5.02 Å². The molecule has 104 valence electrons. The molecule has 0 unspecified atom stereocenters. The lowest BCUT2D eigenvalue weighted by atomic mass is 10.3. The topological polar surface area (TPSA) is 43.4 Å². The van der Waals surface area contributed by atoms with Crippen LogP contribution in [0.3, 0.4) is 0 Å². The van der Waals surface area contributed by atoms with E-state index in [4.69, 9.17) is 11.6 Å². The van der Waals surface area contributed by atoms with Crippen LogP contribution in [-0.2, 0) is 0 Å². The summed E-state index contributed by atoms with van der Waals surface area (Å²) in [6.07, 6.45) is -2.07. The van der Waals surface area contributed by atoms with Crippen molar-refractivity contribution in [2.45, 2.75) is 6.29 Å². The third-order valence-corrected chi connectivity index (χ3v) is 3.19. The van der Waals surface area contributed by atoms with Gasteiger partial charge in [-0.1, -0.05) is 11.6 Å². The highest BCUT2D eigenvalue weighted by atomic mass is 79.9. The van der Waals surface area contributed by atoms with Crippen molar-refractivity contribution in [2.24, 2.45) is 0 Å². The average molecular weight is 364 g/mol. The predicted octanol–water partition coefficient (Wildman–Crippen LogP) is 4.56. The number of alkyl halides is 2. The summed E-state index contributed by atoms with van der Waals surface area (Å²) in [4.78, 5) is 4.09. The molecule has 0 bridgehead atoms. The van der Waals surface area contributed by atoms with E-state index >= 15 is 0 Å². The van der Waals surface area contributed by atoms with Gasteiger partial charge in [-0.05, 0) is 34.1 Å². The summed E-state index contributed by atoms with van der Waals surface area (Å²) in [6, 6.07) is 5.99. The zero-order valence-corrected chi connectivity index (χ0v) is 12.0. The van der Waals surface area contributed by atoms with Crippen LogP contribution in [0.25, 0.3) is 0 Å². The molecule has 0 atom stereocenters. The fourth-order valence-corrected chi connectivity index (χ4v) is 2.35. The van der Waals surface area contributed by atoms with E-state index in [1.54, 1.807) is 18.3 Å². The number of hydrogen-bond acceptors (Lipinski definition) is 4. The number of anilines is 2. The maximum absolute atomic E-state index is 12.9. The number of hydrogen-bond donors (Lipinski definition) is 1. The van der Waals surface area contributed by atoms with Gasteiger partial charge in [0.25, 0.3) is 0 Å². The molecule has 1 aromatic carbocycles. The second-order valence-corrected chi connectivity index (χ2v) is 5.26. The fourth-order valence-electron chi connectivity index (χ4n) is 1.67. The maximum atomic E-state index is 12.9. The lowest BCUT2D eigenvalue weighted by molar-refractivity contribution is -0.286. The van der Waals surface area contributed by atoms with Crippen LogP contribution >= 0.6 is 27.5 Å². The number of fused-ring (bicyclic) bond motifs is 1. The Morgan fingerprint density at radius 1 is 1.20 bits per heavy atom. The van der Waals surface area contributed by atoms with Crippen LogP contribution in [0.4, 0.5) is 20.3 Å². The van der Waals surface area contributed by atoms with Crippen molar-refractivity contribution < 1.29 is 18.3 Å². The minimum atomic E-state index is -3.63. The Labute approximate surface area is 125 Å². The minimum Gasteiger partial charge on any atom is -0.395 e. The van der Waals surface area contributed by atoms with Gasteiger partial charge >= 0.3 is 6.29 Å². The van der Waals surface area contributed by atoms with Crippen LogP contribution in [0.15, 0.2) is 34.9 Å². The number of aromatic nitrogens is 1. The summed E-state index contributed by atoms with van der Waals surface area (Å²) >= 11 is 9.25. The van der Waals surface area contributed by atoms with Gasteiger partial charge < -0.3 is 14.8 Å². The van der Waals surface area contributed by atoms with Crippen LogP contribution in [0, 0.1) is 0 Å². The van der Waals surface area contributed by atoms with Crippen LogP contribution < -0.4 is 14.8 Å². The molecule has 3 rings (SSSR count). The SMILES string of the molecule is FC1(F)Oc2ccc(Nc3ncc(Br)cc3Cl)cc2O1. The smallest absolute Gasteiger partial charge is 0.395 e. The first-order valence-electron chi connectivity index (χ1n) is 5.41. The van der Waals surface area contributed by atoms with Gasteiger partial charge in [0.15, 0.2) is 11.5 Å². The van der Waals surface area contributed by atoms with E-state index in [-0.39, 0.29) is 11.5 Å². The molecule has 0 fully saturated rings. The molecule has 4 nitrogen and oxygen atoms in total. The van der Waals surface area contributed by atoms with Crippen LogP contribution in [-0.4, -0.2) is 11.3 Å². The van der Waals surface area contributed by atoms with E-state index in [9.17, 15) is 8.78 Å². The lowest BCUT2D eigenvalue weighted by Gasteiger charge is -2.08. The Balaban J connectivity index is 1.86. The standard InChI is InChI=1S/C12H6BrClF2N2O2/c13-6-3-8(14)11(17-5-6)18-7-1-2-9-10(4-7)20-12(15,16)19-9/h1-5H,(H,17,18). The zero-order chi connectivity index (χ0) is 14.3. The number of nitrogens with zero attached hydrogens (tertiary/aromatic N) is 1. The Morgan fingerprint density at radius 3 is 2.70 bits per heavy atom. The Morgan fingerprint density at radius 2 is 1.95 bits per heavy atom. The predicted molar refractivity (Wildman–Crippen MR) is 72.9 cm³/mol. The number of ether oxygens (including phenoxy) is 2. The van der Waals surface area contributed by atoms with E-state index in [2.05, 4.69) is 35.7 Å². The van der Waals surface area contributed by atoms with Crippen molar-refractivity contribution >= 4 is 39.0 Å². The van der Waals surface area contributed by atoms with Crippen molar-refractivity contribution in [3.05, 3.63) is 40.0 Å². The van der Waals surface area contributed by atoms with Crippen LogP contribution in [0.1, 0.15) is 0 Å². The molecule has 20 heavy (non-hydrogen) atoms. The molecule has 0 radical (unpaired) electrons. The van der Waals surface area contributed by atoms with Gasteiger partial charge in [-0.15, -0.1) is 8.78 Å². The van der Waals surface area contributed by atoms with Gasteiger partial charge in [-0.25, -0.2) is 4.98 Å². The summed E-state index contributed by atoms with van der Waals surface area (Å²) in [7, 11) is 0. The normalized spacial score (nSPS) is 15.2. The Bertz CT molecular complexity index is 685. The first-order valence-corrected chi connectivity index (χ1v) is 6.58. The number of nitrogens with one attached hydrogen (secondary N) is 1. The molecule has 0 spiro atoms. The molecule has 0 saturated carbocycles. The largest absolute Gasteiger partial charge is 0.586 e. The monoisotopic (exact) mass is 362 g/mol. The molecule has 1 aromatic heterocycles. The number of pyridine rings is 1. The van der Waals surface area contributed by atoms with Crippen LogP contribution in [0.5, 0.6) is 11.5 Å². The van der Waals surface area contributed by atoms with Gasteiger partial charge in [-0.3, -0.25) is 0 Å². The molecule has 1 aliphatic rings. The molecule has 1 N–H and O–H groups in total. The van der Waals surface area contributed by atoms with E-state index in [1.807, 2.05) is 0 Å². The second kappa shape index (κ2) is 4.75. The summed E-state index contributed by atoms with van der Waals surface area (Å²) in [5.74, 6) is 0.337. The third-order valence-electron chi connectivity index (χ3n) is 2.47. The van der Waals surface area contributed by atoms with E-state index in [1.165, 1.54) is 12.1 Å². The highest BCUT2D eigenvalue weighted by molar-refractivity contribution is 9.10. The second-order valence-electron chi connectivity index (χ2n) is 3.94. The van der Waals surface area contributed by atoms with Gasteiger partial charge in [-0.2, -0.15) is 0 Å². The molecular weight excluding hydrogens is 357 g/mol. The van der Waals surface area contributed by atoms with Gasteiger partial charge in [0.2, 0.25) is 0 Å². The third kappa shape index (κ3) is 2.64. The fraction of sp³-hybridized carbons (Fsp3) is 0.0833. The summed E-state index contributed by atoms with van der Waals surface area (Å²) in [5.41, 5.74) is 0.502. The molecule has 1 aliphatic heterocycles. The van der Waals surface area contributed by atoms with Crippen molar-refractivity contribution in [1.29, 1.82) is 0 Å². The highest BCUT2D eigenvalue weighted by Gasteiger charge is 2.43. The van der Waals surface area contributed by atoms with E-state index in [0.717, 1.165) is 4.47 Å². The first-order chi connectivity index (χ1) is 9.43. The summed E-state index contributed by atoms with van der Waals surface area (Å²) in [5, 5.41) is 3.30. The Hall–Kier alpha value is -1.60. The molecular formula is C12H6BrClF2N2O2. The van der Waals surface area contributed by atoms with Crippen molar-refractivity contribution in [1.82, 2.24) is 4.98 Å². The van der Waals surface area contributed by atoms with E-state index < -0.39 is 6.29 Å². The minimum absolute atomic E-state index is 0.0181. The molecule has 0 amide bonds. The zero-order valence-electron chi connectivity index (χ0n) is 9.66. The number of halogens is 4. The quantitative estimate of drug-likeness (QED) is 0.849. The number of benzene rings is 1. The molecule has 0 aliphatic carbocycles.